The van der Waals surface area contributed by atoms with Gasteiger partial charge in [0.15, 0.2) is 5.96 Å². The number of benzene rings is 1. The highest BCUT2D eigenvalue weighted by Crippen LogP contribution is 2.46. The van der Waals surface area contributed by atoms with Gasteiger partial charge >= 0.3 is 0 Å². The second-order valence-electron chi connectivity index (χ2n) is 6.66. The zero-order valence-corrected chi connectivity index (χ0v) is 15.5. The fourth-order valence-electron chi connectivity index (χ4n) is 3.18. The number of carbonyl (C=O) groups is 1. The number of guanidine groups is 1. The third-order valence-corrected chi connectivity index (χ3v) is 5.85. The first kappa shape index (κ1) is 18.3. The van der Waals surface area contributed by atoms with E-state index in [0.717, 1.165) is 11.8 Å². The molecule has 8 heteroatoms. The number of nitrogens with zero attached hydrogens (tertiary/aromatic N) is 2. The molecule has 1 aromatic carbocycles. The minimum absolute atomic E-state index is 0.108. The van der Waals surface area contributed by atoms with Crippen molar-refractivity contribution in [2.45, 2.75) is 31.2 Å². The lowest BCUT2D eigenvalue weighted by atomic mass is 9.77. The molecule has 0 spiro atoms. The first-order chi connectivity index (χ1) is 12.0. The average molecular weight is 378 g/mol. The average Bonchev–Trinajstić information content (AvgIpc) is 3.00. The predicted octanol–water partition coefficient (Wildman–Crippen LogP) is 3.23. The van der Waals surface area contributed by atoms with Gasteiger partial charge in [-0.3, -0.25) is 9.69 Å². The second kappa shape index (κ2) is 6.05. The number of amides is 1. The highest BCUT2D eigenvalue weighted by molar-refractivity contribution is 7.16. The molecule has 1 aliphatic rings. The molecule has 1 aliphatic heterocycles. The van der Waals surface area contributed by atoms with E-state index in [2.05, 4.69) is 4.99 Å². The topological polar surface area (TPSA) is 84.7 Å². The SMILES string of the molecule is CN1C(=O)[C@H](c2ccc(C(C)(F)F)cc2)[C@@](C)(c2ccc(N)s2)N=C1N. The summed E-state index contributed by atoms with van der Waals surface area (Å²) in [6, 6.07) is 9.35. The van der Waals surface area contributed by atoms with Gasteiger partial charge in [-0.15, -0.1) is 11.3 Å². The van der Waals surface area contributed by atoms with Crippen LogP contribution in [-0.2, 0) is 16.3 Å². The number of likely N-dealkylation sites (N-methyl/N-ethyl adjacent to an activating group) is 1. The normalized spacial score (nSPS) is 23.9. The molecule has 0 saturated carbocycles. The van der Waals surface area contributed by atoms with Crippen LogP contribution in [0.25, 0.3) is 0 Å². The smallest absolute Gasteiger partial charge is 0.270 e. The van der Waals surface area contributed by atoms with Crippen LogP contribution in [0.4, 0.5) is 13.8 Å². The molecule has 1 amide bonds. The highest BCUT2D eigenvalue weighted by atomic mass is 32.1. The highest BCUT2D eigenvalue weighted by Gasteiger charge is 2.48. The summed E-state index contributed by atoms with van der Waals surface area (Å²) in [6.07, 6.45) is 0. The largest absolute Gasteiger partial charge is 0.391 e. The van der Waals surface area contributed by atoms with Gasteiger partial charge in [0.05, 0.1) is 10.9 Å². The van der Waals surface area contributed by atoms with Crippen LogP contribution in [0.15, 0.2) is 41.4 Å². The van der Waals surface area contributed by atoms with Crippen molar-refractivity contribution >= 4 is 28.2 Å². The molecule has 138 valence electrons. The molecule has 26 heavy (non-hydrogen) atoms. The maximum Gasteiger partial charge on any atom is 0.270 e. The van der Waals surface area contributed by atoms with Gasteiger partial charge in [-0.2, -0.15) is 0 Å². The van der Waals surface area contributed by atoms with E-state index in [0.29, 0.717) is 10.6 Å². The second-order valence-corrected chi connectivity index (χ2v) is 7.78. The maximum atomic E-state index is 13.5. The molecule has 1 aromatic heterocycles. The minimum Gasteiger partial charge on any atom is -0.391 e. The van der Waals surface area contributed by atoms with Crippen molar-refractivity contribution < 1.29 is 13.6 Å². The van der Waals surface area contributed by atoms with Gasteiger partial charge in [-0.1, -0.05) is 24.3 Å². The van der Waals surface area contributed by atoms with Crippen molar-refractivity contribution in [3.05, 3.63) is 52.4 Å². The first-order valence-electron chi connectivity index (χ1n) is 8.01. The molecule has 0 aliphatic carbocycles. The Bertz CT molecular complexity index is 872. The number of aliphatic imine (C=N–C) groups is 1. The van der Waals surface area contributed by atoms with E-state index in [-0.39, 0.29) is 17.4 Å². The van der Waals surface area contributed by atoms with Crippen molar-refractivity contribution in [2.75, 3.05) is 12.8 Å². The molecule has 0 fully saturated rings. The summed E-state index contributed by atoms with van der Waals surface area (Å²) >= 11 is 1.33. The Labute approximate surface area is 154 Å². The number of alkyl halides is 2. The Balaban J connectivity index is 2.14. The van der Waals surface area contributed by atoms with Crippen LogP contribution in [0.2, 0.25) is 0 Å². The lowest BCUT2D eigenvalue weighted by molar-refractivity contribution is -0.130. The van der Waals surface area contributed by atoms with Crippen LogP contribution in [0, 0.1) is 0 Å². The van der Waals surface area contributed by atoms with E-state index in [1.807, 2.05) is 13.0 Å². The van der Waals surface area contributed by atoms with E-state index >= 15 is 0 Å². The van der Waals surface area contributed by atoms with Crippen molar-refractivity contribution in [2.24, 2.45) is 10.7 Å². The molecule has 0 radical (unpaired) electrons. The van der Waals surface area contributed by atoms with E-state index in [4.69, 9.17) is 11.5 Å². The van der Waals surface area contributed by atoms with Gasteiger partial charge in [-0.05, 0) is 24.6 Å². The summed E-state index contributed by atoms with van der Waals surface area (Å²) in [5.41, 5.74) is 11.3. The van der Waals surface area contributed by atoms with Crippen LogP contribution in [-0.4, -0.2) is 23.8 Å². The van der Waals surface area contributed by atoms with E-state index in [1.54, 1.807) is 25.2 Å². The predicted molar refractivity (Wildman–Crippen MR) is 99.2 cm³/mol. The lowest BCUT2D eigenvalue weighted by Crippen LogP contribution is -2.52. The summed E-state index contributed by atoms with van der Waals surface area (Å²) < 4.78 is 27.0. The number of anilines is 1. The third kappa shape index (κ3) is 2.94. The van der Waals surface area contributed by atoms with Gasteiger partial charge in [0, 0.05) is 24.4 Å². The Morgan fingerprint density at radius 1 is 1.19 bits per heavy atom. The minimum atomic E-state index is -2.94. The van der Waals surface area contributed by atoms with Crippen LogP contribution < -0.4 is 11.5 Å². The van der Waals surface area contributed by atoms with Gasteiger partial charge < -0.3 is 11.5 Å². The Hall–Kier alpha value is -2.48. The number of halogens is 2. The summed E-state index contributed by atoms with van der Waals surface area (Å²) in [4.78, 5) is 19.6. The van der Waals surface area contributed by atoms with Gasteiger partial charge in [-0.25, -0.2) is 13.8 Å². The van der Waals surface area contributed by atoms with Gasteiger partial charge in [0.25, 0.3) is 5.92 Å². The van der Waals surface area contributed by atoms with Crippen LogP contribution >= 0.6 is 11.3 Å². The number of rotatable bonds is 3. The van der Waals surface area contributed by atoms with Gasteiger partial charge in [0.1, 0.15) is 5.54 Å². The summed E-state index contributed by atoms with van der Waals surface area (Å²) in [6.45, 7) is 2.65. The third-order valence-electron chi connectivity index (χ3n) is 4.71. The monoisotopic (exact) mass is 378 g/mol. The van der Waals surface area contributed by atoms with Crippen LogP contribution in [0.3, 0.4) is 0 Å². The van der Waals surface area contributed by atoms with E-state index in [9.17, 15) is 13.6 Å². The van der Waals surface area contributed by atoms with E-state index in [1.165, 1.54) is 28.4 Å². The zero-order valence-electron chi connectivity index (χ0n) is 14.7. The molecule has 0 saturated heterocycles. The molecule has 3 rings (SSSR count). The van der Waals surface area contributed by atoms with Crippen molar-refractivity contribution in [3.8, 4) is 0 Å². The molecule has 2 aromatic rings. The molecule has 0 bridgehead atoms. The van der Waals surface area contributed by atoms with Crippen LogP contribution in [0.1, 0.15) is 35.8 Å². The Kier molecular flexibility index (Phi) is 4.26. The Morgan fingerprint density at radius 2 is 1.81 bits per heavy atom. The standard InChI is InChI=1S/C18H20F2N4OS/c1-17(12-8-9-13(21)26-12)14(15(25)24(3)16(22)23-17)10-4-6-11(7-5-10)18(2,19)20/h4-9,14H,21H2,1-3H3,(H2,22,23)/t14-,17+/m0/s1. The van der Waals surface area contributed by atoms with Gasteiger partial charge in [0.2, 0.25) is 5.91 Å². The van der Waals surface area contributed by atoms with Crippen molar-refractivity contribution in [1.82, 2.24) is 4.90 Å². The zero-order chi connectivity index (χ0) is 19.3. The maximum absolute atomic E-state index is 13.5. The molecule has 2 heterocycles. The number of carbonyl (C=O) groups excluding carboxylic acids is 1. The number of nitrogens with two attached hydrogens (primary N) is 2. The van der Waals surface area contributed by atoms with Crippen molar-refractivity contribution in [3.63, 3.8) is 0 Å². The van der Waals surface area contributed by atoms with E-state index < -0.39 is 17.4 Å². The fraction of sp³-hybridized carbons (Fsp3) is 0.333. The molecular formula is C18H20F2N4OS. The number of hydrogen-bond acceptors (Lipinski definition) is 5. The van der Waals surface area contributed by atoms with Crippen LogP contribution in [0.5, 0.6) is 0 Å². The summed E-state index contributed by atoms with van der Waals surface area (Å²) in [7, 11) is 1.55. The molecule has 0 unspecified atom stereocenters. The number of thiophene rings is 1. The summed E-state index contributed by atoms with van der Waals surface area (Å²) in [5.74, 6) is -3.78. The number of hydrogen-bond donors (Lipinski definition) is 2. The van der Waals surface area contributed by atoms with Crippen molar-refractivity contribution in [1.29, 1.82) is 0 Å². The quantitative estimate of drug-likeness (QED) is 0.860. The lowest BCUT2D eigenvalue weighted by Gasteiger charge is -2.40. The molecule has 2 atom stereocenters. The fourth-order valence-corrected chi connectivity index (χ4v) is 4.08. The Morgan fingerprint density at radius 3 is 2.31 bits per heavy atom. The molecule has 5 nitrogen and oxygen atoms in total. The number of nitrogen functional groups attached to an aromatic ring is 1. The summed E-state index contributed by atoms with van der Waals surface area (Å²) in [5, 5.41) is 0.598. The first-order valence-corrected chi connectivity index (χ1v) is 8.82. The molecule has 4 N–H and O–H groups in total. The molecular weight excluding hydrogens is 358 g/mol.